The second kappa shape index (κ2) is 4.77. The average molecular weight is 300 g/mol. The molecule has 0 saturated heterocycles. The lowest BCUT2D eigenvalue weighted by Crippen LogP contribution is -2.54. The highest BCUT2D eigenvalue weighted by Gasteiger charge is 2.37. The molecule has 0 unspecified atom stereocenters. The smallest absolute Gasteiger partial charge is 0.251 e. The molecule has 1 N–H and O–H groups in total. The largest absolute Gasteiger partial charge is 0.346 e. The van der Waals surface area contributed by atoms with E-state index in [-0.39, 0.29) is 17.3 Å². The number of alkyl halides is 1. The van der Waals surface area contributed by atoms with Crippen LogP contribution in [0.15, 0.2) is 18.2 Å². The number of halogens is 2. The van der Waals surface area contributed by atoms with Crippen LogP contribution in [0.1, 0.15) is 35.2 Å². The second-order valence-electron chi connectivity index (χ2n) is 4.74. The lowest BCUT2D eigenvalue weighted by atomic mass is 9.78. The minimum Gasteiger partial charge on any atom is -0.346 e. The summed E-state index contributed by atoms with van der Waals surface area (Å²) in [5.74, 6) is -0.552. The first-order valence-electron chi connectivity index (χ1n) is 5.70. The minimum atomic E-state index is -0.364. The number of hydrogen-bond donors (Lipinski definition) is 1. The maximum atomic E-state index is 13.2. The molecule has 1 aliphatic rings. The van der Waals surface area contributed by atoms with Gasteiger partial charge in [0.2, 0.25) is 0 Å². The van der Waals surface area contributed by atoms with Crippen LogP contribution in [0.25, 0.3) is 0 Å². The van der Waals surface area contributed by atoms with Gasteiger partial charge in [0, 0.05) is 10.9 Å². The van der Waals surface area contributed by atoms with Crippen LogP contribution >= 0.6 is 15.9 Å². The summed E-state index contributed by atoms with van der Waals surface area (Å²) in [5, 5.41) is 3.75. The summed E-state index contributed by atoms with van der Waals surface area (Å²) in [6, 6.07) is 4.41. The highest BCUT2D eigenvalue weighted by Crippen LogP contribution is 2.33. The zero-order valence-corrected chi connectivity index (χ0v) is 11.3. The molecule has 2 rings (SSSR count). The Kier molecular flexibility index (Phi) is 3.52. The van der Waals surface area contributed by atoms with Gasteiger partial charge >= 0.3 is 0 Å². The molecule has 1 saturated carbocycles. The Morgan fingerprint density at radius 2 is 2.18 bits per heavy atom. The number of carbonyl (C=O) groups excluding carboxylic acids is 1. The molecule has 1 fully saturated rings. The normalized spacial score (nSPS) is 17.4. The number of carbonyl (C=O) groups is 1. The molecule has 0 radical (unpaired) electrons. The van der Waals surface area contributed by atoms with Crippen LogP contribution < -0.4 is 5.32 Å². The van der Waals surface area contributed by atoms with Crippen molar-refractivity contribution in [1.29, 1.82) is 0 Å². The van der Waals surface area contributed by atoms with E-state index in [9.17, 15) is 9.18 Å². The summed E-state index contributed by atoms with van der Waals surface area (Å²) in [5.41, 5.74) is 1.03. The van der Waals surface area contributed by atoms with Crippen molar-refractivity contribution in [3.8, 4) is 0 Å². The second-order valence-corrected chi connectivity index (χ2v) is 5.30. The van der Waals surface area contributed by atoms with E-state index in [4.69, 9.17) is 0 Å². The zero-order valence-electron chi connectivity index (χ0n) is 9.72. The van der Waals surface area contributed by atoms with Crippen molar-refractivity contribution in [1.82, 2.24) is 5.32 Å². The average Bonchev–Trinajstić information content (AvgIpc) is 2.21. The fourth-order valence-corrected chi connectivity index (χ4v) is 2.78. The fraction of sp³-hybridized carbons (Fsp3) is 0.462. The Bertz CT molecular complexity index is 417. The monoisotopic (exact) mass is 299 g/mol. The van der Waals surface area contributed by atoms with Crippen LogP contribution in [0.5, 0.6) is 0 Å². The number of nitrogens with one attached hydrogen (secondary N) is 1. The topological polar surface area (TPSA) is 29.1 Å². The van der Waals surface area contributed by atoms with Crippen LogP contribution in [0.4, 0.5) is 4.39 Å². The van der Waals surface area contributed by atoms with Gasteiger partial charge in [-0.05, 0) is 49.9 Å². The predicted octanol–water partition coefficient (Wildman–Crippen LogP) is 3.18. The maximum absolute atomic E-state index is 13.2. The number of hydrogen-bond acceptors (Lipinski definition) is 1. The lowest BCUT2D eigenvalue weighted by Gasteiger charge is -2.41. The third-order valence-corrected chi connectivity index (χ3v) is 4.32. The van der Waals surface area contributed by atoms with E-state index in [1.165, 1.54) is 12.1 Å². The van der Waals surface area contributed by atoms with Gasteiger partial charge in [-0.25, -0.2) is 4.39 Å². The van der Waals surface area contributed by atoms with Gasteiger partial charge in [-0.3, -0.25) is 4.79 Å². The van der Waals surface area contributed by atoms with Crippen molar-refractivity contribution in [3.05, 3.63) is 35.1 Å². The van der Waals surface area contributed by atoms with Crippen LogP contribution in [-0.4, -0.2) is 16.8 Å². The Morgan fingerprint density at radius 3 is 2.65 bits per heavy atom. The zero-order chi connectivity index (χ0) is 12.5. The van der Waals surface area contributed by atoms with Crippen molar-refractivity contribution in [2.24, 2.45) is 0 Å². The van der Waals surface area contributed by atoms with Gasteiger partial charge in [-0.2, -0.15) is 0 Å². The van der Waals surface area contributed by atoms with Gasteiger partial charge in [-0.15, -0.1) is 0 Å². The Labute approximate surface area is 109 Å². The van der Waals surface area contributed by atoms with Crippen molar-refractivity contribution >= 4 is 21.8 Å². The molecule has 2 nitrogen and oxygen atoms in total. The lowest BCUT2D eigenvalue weighted by molar-refractivity contribution is 0.0856. The molecule has 0 aliphatic heterocycles. The summed E-state index contributed by atoms with van der Waals surface area (Å²) in [7, 11) is 0. The van der Waals surface area contributed by atoms with Crippen molar-refractivity contribution in [2.45, 2.75) is 31.7 Å². The first-order valence-corrected chi connectivity index (χ1v) is 6.82. The third kappa shape index (κ3) is 2.68. The molecule has 0 atom stereocenters. The first-order chi connectivity index (χ1) is 8.04. The van der Waals surface area contributed by atoms with Gasteiger partial charge in [0.1, 0.15) is 5.82 Å². The van der Waals surface area contributed by atoms with Crippen molar-refractivity contribution < 1.29 is 9.18 Å². The number of rotatable bonds is 3. The Morgan fingerprint density at radius 1 is 1.47 bits per heavy atom. The molecule has 4 heteroatoms. The van der Waals surface area contributed by atoms with E-state index >= 15 is 0 Å². The molecule has 0 heterocycles. The Hall–Kier alpha value is -0.900. The van der Waals surface area contributed by atoms with E-state index < -0.39 is 0 Å². The molecular weight excluding hydrogens is 285 g/mol. The highest BCUT2D eigenvalue weighted by molar-refractivity contribution is 9.09. The minimum absolute atomic E-state index is 0.128. The maximum Gasteiger partial charge on any atom is 0.251 e. The van der Waals surface area contributed by atoms with Gasteiger partial charge in [0.25, 0.3) is 5.91 Å². The number of benzene rings is 1. The van der Waals surface area contributed by atoms with Gasteiger partial charge < -0.3 is 5.32 Å². The number of aryl methyl sites for hydroxylation is 1. The van der Waals surface area contributed by atoms with E-state index in [0.717, 1.165) is 30.2 Å². The molecule has 1 amide bonds. The fourth-order valence-electron chi connectivity index (χ4n) is 2.08. The molecule has 92 valence electrons. The Balaban J connectivity index is 2.14. The summed E-state index contributed by atoms with van der Waals surface area (Å²) in [6.07, 6.45) is 3.10. The highest BCUT2D eigenvalue weighted by atomic mass is 79.9. The summed E-state index contributed by atoms with van der Waals surface area (Å²) < 4.78 is 13.2. The van der Waals surface area contributed by atoms with E-state index in [2.05, 4.69) is 21.2 Å². The van der Waals surface area contributed by atoms with E-state index in [1.54, 1.807) is 13.0 Å². The molecule has 1 aromatic rings. The summed E-state index contributed by atoms with van der Waals surface area (Å²) >= 11 is 3.42. The van der Waals surface area contributed by atoms with Crippen LogP contribution in [-0.2, 0) is 0 Å². The third-order valence-electron chi connectivity index (χ3n) is 3.25. The molecule has 1 aromatic carbocycles. The van der Waals surface area contributed by atoms with Gasteiger partial charge in [-0.1, -0.05) is 15.9 Å². The summed E-state index contributed by atoms with van der Waals surface area (Å²) in [6.45, 7) is 1.78. The van der Waals surface area contributed by atoms with Crippen LogP contribution in [0.3, 0.4) is 0 Å². The molecule has 17 heavy (non-hydrogen) atoms. The molecule has 1 aliphatic carbocycles. The van der Waals surface area contributed by atoms with E-state index in [0.29, 0.717) is 5.56 Å². The van der Waals surface area contributed by atoms with Crippen LogP contribution in [0.2, 0.25) is 0 Å². The SMILES string of the molecule is Cc1cc(F)cc(C(=O)NC2(CBr)CCC2)c1. The molecule has 0 spiro atoms. The van der Waals surface area contributed by atoms with Crippen LogP contribution in [0, 0.1) is 12.7 Å². The predicted molar refractivity (Wildman–Crippen MR) is 69.0 cm³/mol. The van der Waals surface area contributed by atoms with Gasteiger partial charge in [0.05, 0.1) is 5.54 Å². The summed E-state index contributed by atoms with van der Waals surface area (Å²) in [4.78, 5) is 12.0. The van der Waals surface area contributed by atoms with Crippen molar-refractivity contribution in [3.63, 3.8) is 0 Å². The number of amides is 1. The molecule has 0 aromatic heterocycles. The molecular formula is C13H15BrFNO. The van der Waals surface area contributed by atoms with Gasteiger partial charge in [0.15, 0.2) is 0 Å². The quantitative estimate of drug-likeness (QED) is 0.854. The van der Waals surface area contributed by atoms with Crippen molar-refractivity contribution in [2.75, 3.05) is 5.33 Å². The molecule has 0 bridgehead atoms. The van der Waals surface area contributed by atoms with E-state index in [1.807, 2.05) is 0 Å². The first kappa shape index (κ1) is 12.6. The standard InChI is InChI=1S/C13H15BrFNO/c1-9-5-10(7-11(15)6-9)12(17)16-13(8-14)3-2-4-13/h5-7H,2-4,8H2,1H3,(H,16,17).